The van der Waals surface area contributed by atoms with Gasteiger partial charge >= 0.3 is 0 Å². The lowest BCUT2D eigenvalue weighted by Crippen LogP contribution is -2.06. The molecule has 0 radical (unpaired) electrons. The molecule has 3 aromatic heterocycles. The molecule has 8 heteroatoms. The molecule has 1 fully saturated rings. The van der Waals surface area contributed by atoms with E-state index in [9.17, 15) is 0 Å². The maximum atomic E-state index is 5.60. The number of benzene rings is 2. The summed E-state index contributed by atoms with van der Waals surface area (Å²) >= 11 is 1.66. The molecule has 3 heterocycles. The standard InChI is InChI=1S/C25H23N5O2S/c1-31-19-12-10-18(11-13-19)30-22-7-3-2-6-21(22)26-23(30)16-33-25-28-27-24(17-8-9-17)29(25)15-20-5-4-14-32-20/h2-7,10-14,17H,8-9,15-16H2,1H3. The molecule has 7 nitrogen and oxygen atoms in total. The van der Waals surface area contributed by atoms with Crippen LogP contribution in [0.5, 0.6) is 5.75 Å². The van der Waals surface area contributed by atoms with E-state index in [1.165, 1.54) is 12.8 Å². The number of aromatic nitrogens is 5. The number of methoxy groups -OCH3 is 1. The number of nitrogens with zero attached hydrogens (tertiary/aromatic N) is 5. The highest BCUT2D eigenvalue weighted by Gasteiger charge is 2.31. The first kappa shape index (κ1) is 20.1. The van der Waals surface area contributed by atoms with E-state index in [1.54, 1.807) is 25.1 Å². The molecule has 1 aliphatic rings. The van der Waals surface area contributed by atoms with Gasteiger partial charge in [0.05, 0.1) is 36.7 Å². The Morgan fingerprint density at radius 3 is 2.64 bits per heavy atom. The monoisotopic (exact) mass is 457 g/mol. The van der Waals surface area contributed by atoms with Crippen molar-refractivity contribution in [3.05, 3.63) is 84.3 Å². The third kappa shape index (κ3) is 3.91. The minimum Gasteiger partial charge on any atom is -0.497 e. The third-order valence-corrected chi connectivity index (χ3v) is 6.84. The van der Waals surface area contributed by atoms with Gasteiger partial charge in [0.1, 0.15) is 23.2 Å². The minimum absolute atomic E-state index is 0.505. The highest BCUT2D eigenvalue weighted by atomic mass is 32.2. The summed E-state index contributed by atoms with van der Waals surface area (Å²) in [6, 6.07) is 20.2. The fraction of sp³-hybridized carbons (Fsp3) is 0.240. The van der Waals surface area contributed by atoms with Crippen molar-refractivity contribution in [1.82, 2.24) is 24.3 Å². The fourth-order valence-corrected chi connectivity index (χ4v) is 4.94. The van der Waals surface area contributed by atoms with Gasteiger partial charge in [-0.2, -0.15) is 0 Å². The number of fused-ring (bicyclic) bond motifs is 1. The van der Waals surface area contributed by atoms with Gasteiger partial charge in [-0.3, -0.25) is 9.13 Å². The Morgan fingerprint density at radius 2 is 1.88 bits per heavy atom. The Bertz CT molecular complexity index is 1380. The van der Waals surface area contributed by atoms with Crippen LogP contribution >= 0.6 is 11.8 Å². The summed E-state index contributed by atoms with van der Waals surface area (Å²) in [6.07, 6.45) is 4.06. The summed E-state index contributed by atoms with van der Waals surface area (Å²) in [5.74, 6) is 4.93. The largest absolute Gasteiger partial charge is 0.497 e. The van der Waals surface area contributed by atoms with E-state index in [0.29, 0.717) is 18.2 Å². The Balaban J connectivity index is 1.34. The normalized spacial score (nSPS) is 13.6. The number of hydrogen-bond acceptors (Lipinski definition) is 6. The number of para-hydroxylation sites is 2. The van der Waals surface area contributed by atoms with Gasteiger partial charge in [0.25, 0.3) is 0 Å². The lowest BCUT2D eigenvalue weighted by atomic mass is 10.2. The molecule has 1 aliphatic carbocycles. The molecule has 0 N–H and O–H groups in total. The summed E-state index contributed by atoms with van der Waals surface area (Å²) in [6.45, 7) is 0.642. The molecule has 2 aromatic carbocycles. The molecule has 166 valence electrons. The molecule has 6 rings (SSSR count). The van der Waals surface area contributed by atoms with Crippen molar-refractivity contribution < 1.29 is 9.15 Å². The summed E-state index contributed by atoms with van der Waals surface area (Å²) in [7, 11) is 1.68. The summed E-state index contributed by atoms with van der Waals surface area (Å²) in [5, 5.41) is 9.95. The molecule has 0 atom stereocenters. The highest BCUT2D eigenvalue weighted by molar-refractivity contribution is 7.98. The molecular weight excluding hydrogens is 434 g/mol. The van der Waals surface area contributed by atoms with Crippen molar-refractivity contribution >= 4 is 22.8 Å². The zero-order valence-corrected chi connectivity index (χ0v) is 19.0. The predicted molar refractivity (Wildman–Crippen MR) is 127 cm³/mol. The second-order valence-corrected chi connectivity index (χ2v) is 9.06. The van der Waals surface area contributed by atoms with Gasteiger partial charge in [0.2, 0.25) is 0 Å². The molecule has 0 aliphatic heterocycles. The van der Waals surface area contributed by atoms with E-state index in [0.717, 1.165) is 45.0 Å². The summed E-state index contributed by atoms with van der Waals surface area (Å²) < 4.78 is 15.3. The highest BCUT2D eigenvalue weighted by Crippen LogP contribution is 2.40. The Morgan fingerprint density at radius 1 is 1.03 bits per heavy atom. The van der Waals surface area contributed by atoms with E-state index in [1.807, 2.05) is 42.5 Å². The fourth-order valence-electron chi connectivity index (χ4n) is 4.08. The topological polar surface area (TPSA) is 70.9 Å². The van der Waals surface area contributed by atoms with E-state index < -0.39 is 0 Å². The van der Waals surface area contributed by atoms with E-state index in [2.05, 4.69) is 37.5 Å². The van der Waals surface area contributed by atoms with Gasteiger partial charge in [-0.15, -0.1) is 10.2 Å². The van der Waals surface area contributed by atoms with Crippen molar-refractivity contribution in [3.63, 3.8) is 0 Å². The van der Waals surface area contributed by atoms with Crippen LogP contribution in [-0.4, -0.2) is 31.4 Å². The van der Waals surface area contributed by atoms with E-state index in [-0.39, 0.29) is 0 Å². The van der Waals surface area contributed by atoms with Crippen LogP contribution < -0.4 is 4.74 Å². The van der Waals surface area contributed by atoms with Crippen molar-refractivity contribution in [2.45, 2.75) is 36.2 Å². The van der Waals surface area contributed by atoms with Crippen molar-refractivity contribution in [2.24, 2.45) is 0 Å². The predicted octanol–water partition coefficient (Wildman–Crippen LogP) is 5.44. The number of thioether (sulfide) groups is 1. The Hall–Kier alpha value is -3.52. The molecular formula is C25H23N5O2S. The molecule has 0 unspecified atom stereocenters. The van der Waals surface area contributed by atoms with Crippen molar-refractivity contribution in [1.29, 1.82) is 0 Å². The molecule has 0 spiro atoms. The van der Waals surface area contributed by atoms with Crippen molar-refractivity contribution in [2.75, 3.05) is 7.11 Å². The second kappa shape index (κ2) is 8.44. The first-order valence-electron chi connectivity index (χ1n) is 11.0. The smallest absolute Gasteiger partial charge is 0.192 e. The molecule has 0 amide bonds. The Kier molecular flexibility index (Phi) is 5.14. The van der Waals surface area contributed by atoms with Crippen LogP contribution in [0.3, 0.4) is 0 Å². The maximum absolute atomic E-state index is 5.60. The molecule has 33 heavy (non-hydrogen) atoms. The van der Waals surface area contributed by atoms with Gasteiger partial charge < -0.3 is 9.15 Å². The number of hydrogen-bond donors (Lipinski definition) is 0. The van der Waals surface area contributed by atoms with Gasteiger partial charge in [-0.1, -0.05) is 23.9 Å². The first-order valence-corrected chi connectivity index (χ1v) is 12.0. The lowest BCUT2D eigenvalue weighted by molar-refractivity contribution is 0.414. The Labute approximate surface area is 195 Å². The summed E-state index contributed by atoms with van der Waals surface area (Å²) in [5.41, 5.74) is 3.10. The quantitative estimate of drug-likeness (QED) is 0.289. The minimum atomic E-state index is 0.505. The number of furan rings is 1. The average molecular weight is 458 g/mol. The SMILES string of the molecule is COc1ccc(-n2c(CSc3nnc(C4CC4)n3Cc3ccco3)nc3ccccc32)cc1. The van der Waals surface area contributed by atoms with Crippen LogP contribution in [-0.2, 0) is 12.3 Å². The molecule has 0 bridgehead atoms. The first-order chi connectivity index (χ1) is 16.3. The molecule has 1 saturated carbocycles. The van der Waals surface area contributed by atoms with Gasteiger partial charge in [-0.05, 0) is 61.4 Å². The summed E-state index contributed by atoms with van der Waals surface area (Å²) in [4.78, 5) is 4.94. The molecule has 5 aromatic rings. The number of ether oxygens (including phenoxy) is 1. The van der Waals surface area contributed by atoms with Crippen LogP contribution in [0.25, 0.3) is 16.7 Å². The van der Waals surface area contributed by atoms with Crippen LogP contribution in [0, 0.1) is 0 Å². The lowest BCUT2D eigenvalue weighted by Gasteiger charge is -2.11. The van der Waals surface area contributed by atoms with E-state index >= 15 is 0 Å². The number of imidazole rings is 1. The van der Waals surface area contributed by atoms with Crippen LogP contribution in [0.1, 0.15) is 36.2 Å². The average Bonchev–Trinajstić information content (AvgIpc) is 3.25. The van der Waals surface area contributed by atoms with Crippen LogP contribution in [0.15, 0.2) is 76.5 Å². The third-order valence-electron chi connectivity index (χ3n) is 5.87. The zero-order chi connectivity index (χ0) is 22.2. The molecule has 0 saturated heterocycles. The second-order valence-electron chi connectivity index (χ2n) is 8.12. The number of rotatable bonds is 8. The van der Waals surface area contributed by atoms with Crippen LogP contribution in [0.4, 0.5) is 0 Å². The van der Waals surface area contributed by atoms with Crippen LogP contribution in [0.2, 0.25) is 0 Å². The van der Waals surface area contributed by atoms with Gasteiger partial charge in [0, 0.05) is 11.6 Å². The van der Waals surface area contributed by atoms with Gasteiger partial charge in [-0.25, -0.2) is 4.98 Å². The zero-order valence-electron chi connectivity index (χ0n) is 18.2. The van der Waals surface area contributed by atoms with E-state index in [4.69, 9.17) is 14.1 Å². The van der Waals surface area contributed by atoms with Gasteiger partial charge in [0.15, 0.2) is 5.16 Å². The van der Waals surface area contributed by atoms with Crippen molar-refractivity contribution in [3.8, 4) is 11.4 Å². The maximum Gasteiger partial charge on any atom is 0.192 e.